The Bertz CT molecular complexity index is 1020. The summed E-state index contributed by atoms with van der Waals surface area (Å²) >= 11 is 0. The molecule has 2 fully saturated rings. The summed E-state index contributed by atoms with van der Waals surface area (Å²) < 4.78 is 0. The summed E-state index contributed by atoms with van der Waals surface area (Å²) in [5.41, 5.74) is 5.20. The zero-order valence-corrected chi connectivity index (χ0v) is 19.6. The van der Waals surface area contributed by atoms with Crippen molar-refractivity contribution in [1.29, 1.82) is 0 Å². The Morgan fingerprint density at radius 2 is 1.48 bits per heavy atom. The molecule has 0 bridgehead atoms. The highest BCUT2D eigenvalue weighted by molar-refractivity contribution is 6.35. The number of benzene rings is 2. The third-order valence-electron chi connectivity index (χ3n) is 6.50. The van der Waals surface area contributed by atoms with Crippen LogP contribution in [0.25, 0.3) is 0 Å². The van der Waals surface area contributed by atoms with Gasteiger partial charge >= 0.3 is 17.8 Å². The quantitative estimate of drug-likeness (QED) is 0.728. The van der Waals surface area contributed by atoms with Crippen molar-refractivity contribution in [2.45, 2.75) is 46.2 Å². The highest BCUT2D eigenvalue weighted by atomic mass is 16.2. The molecule has 2 aromatic rings. The third kappa shape index (κ3) is 5.35. The Morgan fingerprint density at radius 1 is 0.848 bits per heavy atom. The van der Waals surface area contributed by atoms with E-state index in [1.807, 2.05) is 57.2 Å². The number of hydrogen-bond acceptors (Lipinski definition) is 3. The van der Waals surface area contributed by atoms with Crippen LogP contribution in [-0.4, -0.2) is 64.8 Å². The first kappa shape index (κ1) is 22.8. The van der Waals surface area contributed by atoms with Crippen LogP contribution in [0.4, 0.5) is 10.5 Å². The number of amides is 4. The topological polar surface area (TPSA) is 73.0 Å². The number of piperidine rings is 1. The van der Waals surface area contributed by atoms with Gasteiger partial charge in [0.15, 0.2) is 0 Å². The van der Waals surface area contributed by atoms with Gasteiger partial charge < -0.3 is 20.0 Å². The van der Waals surface area contributed by atoms with Gasteiger partial charge in [0.1, 0.15) is 0 Å². The summed E-state index contributed by atoms with van der Waals surface area (Å²) in [6.45, 7) is 8.69. The van der Waals surface area contributed by atoms with E-state index in [9.17, 15) is 14.4 Å². The first-order valence-corrected chi connectivity index (χ1v) is 11.6. The first-order chi connectivity index (χ1) is 15.8. The van der Waals surface area contributed by atoms with Gasteiger partial charge in [-0.2, -0.15) is 0 Å². The van der Waals surface area contributed by atoms with Gasteiger partial charge in [-0.3, -0.25) is 9.59 Å². The maximum atomic E-state index is 12.8. The van der Waals surface area contributed by atoms with E-state index in [0.29, 0.717) is 45.6 Å². The predicted octanol–water partition coefficient (Wildman–Crippen LogP) is 3.48. The average molecular weight is 449 g/mol. The molecule has 0 aliphatic carbocycles. The molecule has 4 amide bonds. The van der Waals surface area contributed by atoms with Gasteiger partial charge in [0.05, 0.1) is 0 Å². The molecular weight excluding hydrogens is 416 g/mol. The predicted molar refractivity (Wildman–Crippen MR) is 128 cm³/mol. The second-order valence-electron chi connectivity index (χ2n) is 9.24. The molecule has 0 saturated carbocycles. The van der Waals surface area contributed by atoms with Crippen molar-refractivity contribution >= 4 is 23.5 Å². The van der Waals surface area contributed by atoms with Crippen molar-refractivity contribution in [3.05, 3.63) is 64.7 Å². The minimum Gasteiger partial charge on any atom is -0.330 e. The molecule has 2 aromatic carbocycles. The maximum Gasteiger partial charge on any atom is 0.321 e. The summed E-state index contributed by atoms with van der Waals surface area (Å²) in [7, 11) is 0. The number of anilines is 1. The van der Waals surface area contributed by atoms with E-state index in [-0.39, 0.29) is 12.1 Å². The lowest BCUT2D eigenvalue weighted by Crippen LogP contribution is -2.59. The smallest absolute Gasteiger partial charge is 0.321 e. The molecule has 174 valence electrons. The number of rotatable bonds is 4. The molecule has 2 saturated heterocycles. The highest BCUT2D eigenvalue weighted by Crippen LogP contribution is 2.22. The highest BCUT2D eigenvalue weighted by Gasteiger charge is 2.38. The fourth-order valence-electron chi connectivity index (χ4n) is 4.73. The maximum absolute atomic E-state index is 12.8. The summed E-state index contributed by atoms with van der Waals surface area (Å²) in [4.78, 5) is 43.4. The fourth-order valence-corrected chi connectivity index (χ4v) is 4.73. The van der Waals surface area contributed by atoms with Gasteiger partial charge in [0.25, 0.3) is 0 Å². The van der Waals surface area contributed by atoms with Crippen LogP contribution < -0.4 is 5.32 Å². The number of carbonyl (C=O) groups is 3. The number of piperazine rings is 1. The minimum atomic E-state index is -0.434. The van der Waals surface area contributed by atoms with E-state index in [1.165, 1.54) is 5.56 Å². The standard InChI is InChI=1S/C26H32N4O3/c1-18-4-6-21(7-5-18)17-29-12-13-30(25(32)24(29)31)23-8-10-28(11-9-23)26(33)27-22-15-19(2)14-20(3)16-22/h4-7,14-16,23H,8-13,17H2,1-3H3,(H,27,33). The van der Waals surface area contributed by atoms with Crippen molar-refractivity contribution in [2.75, 3.05) is 31.5 Å². The van der Waals surface area contributed by atoms with Gasteiger partial charge in [-0.15, -0.1) is 0 Å². The SMILES string of the molecule is Cc1ccc(CN2CCN(C3CCN(C(=O)Nc4cc(C)cc(C)c4)CC3)C(=O)C2=O)cc1. The number of carbonyl (C=O) groups excluding carboxylic acids is 3. The number of urea groups is 1. The number of nitrogens with zero attached hydrogens (tertiary/aromatic N) is 3. The van der Waals surface area contributed by atoms with E-state index < -0.39 is 11.8 Å². The van der Waals surface area contributed by atoms with Gasteiger partial charge in [-0.05, 0) is 62.4 Å². The molecule has 0 aromatic heterocycles. The van der Waals surface area contributed by atoms with Gasteiger partial charge in [-0.1, -0.05) is 35.9 Å². The van der Waals surface area contributed by atoms with Gasteiger partial charge in [0.2, 0.25) is 0 Å². The first-order valence-electron chi connectivity index (χ1n) is 11.6. The monoisotopic (exact) mass is 448 g/mol. The molecule has 0 spiro atoms. The van der Waals surface area contributed by atoms with Crippen LogP contribution in [0.15, 0.2) is 42.5 Å². The largest absolute Gasteiger partial charge is 0.330 e. The van der Waals surface area contributed by atoms with Gasteiger partial charge in [0, 0.05) is 44.5 Å². The zero-order valence-electron chi connectivity index (χ0n) is 19.6. The van der Waals surface area contributed by atoms with Crippen molar-refractivity contribution < 1.29 is 14.4 Å². The Labute approximate surface area is 195 Å². The van der Waals surface area contributed by atoms with Crippen LogP contribution in [0.3, 0.4) is 0 Å². The van der Waals surface area contributed by atoms with Crippen LogP contribution in [0.1, 0.15) is 35.1 Å². The molecule has 33 heavy (non-hydrogen) atoms. The normalized spacial score (nSPS) is 17.5. The summed E-state index contributed by atoms with van der Waals surface area (Å²) in [6, 6.07) is 13.9. The van der Waals surface area contributed by atoms with E-state index in [0.717, 1.165) is 22.4 Å². The summed E-state index contributed by atoms with van der Waals surface area (Å²) in [6.07, 6.45) is 1.36. The van der Waals surface area contributed by atoms with Crippen LogP contribution in [0.2, 0.25) is 0 Å². The zero-order chi connectivity index (χ0) is 23.5. The molecule has 1 N–H and O–H groups in total. The molecule has 0 atom stereocenters. The Kier molecular flexibility index (Phi) is 6.67. The lowest BCUT2D eigenvalue weighted by atomic mass is 10.0. The molecule has 0 radical (unpaired) electrons. The van der Waals surface area contributed by atoms with Crippen LogP contribution in [-0.2, 0) is 16.1 Å². The Hall–Kier alpha value is -3.35. The number of nitrogens with one attached hydrogen (secondary N) is 1. The number of aryl methyl sites for hydroxylation is 3. The van der Waals surface area contributed by atoms with Crippen molar-refractivity contribution in [2.24, 2.45) is 0 Å². The van der Waals surface area contributed by atoms with E-state index in [4.69, 9.17) is 0 Å². The summed E-state index contributed by atoms with van der Waals surface area (Å²) in [5.74, 6) is -0.858. The van der Waals surface area contributed by atoms with E-state index in [2.05, 4.69) is 11.4 Å². The van der Waals surface area contributed by atoms with Crippen LogP contribution >= 0.6 is 0 Å². The van der Waals surface area contributed by atoms with Crippen LogP contribution in [0, 0.1) is 20.8 Å². The molecule has 2 aliphatic rings. The molecule has 2 heterocycles. The molecule has 4 rings (SSSR count). The lowest BCUT2D eigenvalue weighted by Gasteiger charge is -2.42. The second-order valence-corrected chi connectivity index (χ2v) is 9.24. The molecule has 7 heteroatoms. The Balaban J connectivity index is 1.29. The molecule has 2 aliphatic heterocycles. The lowest BCUT2D eigenvalue weighted by molar-refractivity contribution is -0.158. The third-order valence-corrected chi connectivity index (χ3v) is 6.50. The van der Waals surface area contributed by atoms with Crippen molar-refractivity contribution in [3.8, 4) is 0 Å². The van der Waals surface area contributed by atoms with E-state index in [1.54, 1.807) is 14.7 Å². The Morgan fingerprint density at radius 3 is 2.12 bits per heavy atom. The average Bonchev–Trinajstić information content (AvgIpc) is 2.78. The molecule has 0 unspecified atom stereocenters. The minimum absolute atomic E-state index is 0.00626. The second kappa shape index (κ2) is 9.65. The van der Waals surface area contributed by atoms with Crippen molar-refractivity contribution in [1.82, 2.24) is 14.7 Å². The van der Waals surface area contributed by atoms with Crippen LogP contribution in [0.5, 0.6) is 0 Å². The fraction of sp³-hybridized carbons (Fsp3) is 0.423. The number of hydrogen-bond donors (Lipinski definition) is 1. The van der Waals surface area contributed by atoms with E-state index >= 15 is 0 Å². The molecule has 7 nitrogen and oxygen atoms in total. The summed E-state index contributed by atoms with van der Waals surface area (Å²) in [5, 5.41) is 2.98. The molecular formula is C26H32N4O3. The van der Waals surface area contributed by atoms with Crippen molar-refractivity contribution in [3.63, 3.8) is 0 Å². The van der Waals surface area contributed by atoms with Gasteiger partial charge in [-0.25, -0.2) is 4.79 Å². The number of likely N-dealkylation sites (tertiary alicyclic amines) is 1.